The third-order valence-electron chi connectivity index (χ3n) is 5.76. The van der Waals surface area contributed by atoms with Crippen molar-refractivity contribution in [2.24, 2.45) is 0 Å². The lowest BCUT2D eigenvalue weighted by atomic mass is 9.96. The van der Waals surface area contributed by atoms with Crippen LogP contribution in [0.2, 0.25) is 0 Å². The molecule has 2 heterocycles. The topological polar surface area (TPSA) is 64.0 Å². The van der Waals surface area contributed by atoms with Gasteiger partial charge in [-0.3, -0.25) is 14.6 Å². The number of nitrogens with one attached hydrogen (secondary N) is 1. The first-order chi connectivity index (χ1) is 15.1. The smallest absolute Gasteiger partial charge is 0.258 e. The van der Waals surface area contributed by atoms with E-state index in [1.54, 1.807) is 10.8 Å². The molecule has 5 heteroatoms. The van der Waals surface area contributed by atoms with Crippen LogP contribution in [0.1, 0.15) is 34.5 Å². The number of pyridine rings is 2. The molecule has 0 aliphatic heterocycles. The Morgan fingerprint density at radius 3 is 2.74 bits per heavy atom. The van der Waals surface area contributed by atoms with Crippen molar-refractivity contribution in [2.45, 2.75) is 32.4 Å². The van der Waals surface area contributed by atoms with Crippen LogP contribution >= 0.6 is 0 Å². The van der Waals surface area contributed by atoms with Crippen LogP contribution in [0.5, 0.6) is 0 Å². The molecule has 0 unspecified atom stereocenters. The Bertz CT molecular complexity index is 1340. The van der Waals surface area contributed by atoms with E-state index in [0.717, 1.165) is 40.6 Å². The Hall–Kier alpha value is -3.73. The average Bonchev–Trinajstić information content (AvgIpc) is 3.60. The lowest BCUT2D eigenvalue weighted by Crippen LogP contribution is -2.25. The first-order valence-electron chi connectivity index (χ1n) is 10.5. The number of fused-ring (bicyclic) bond motifs is 1. The van der Waals surface area contributed by atoms with Crippen molar-refractivity contribution in [1.82, 2.24) is 14.9 Å². The Morgan fingerprint density at radius 2 is 1.97 bits per heavy atom. The summed E-state index contributed by atoms with van der Waals surface area (Å²) >= 11 is 0. The van der Waals surface area contributed by atoms with Gasteiger partial charge in [-0.05, 0) is 84.3 Å². The molecule has 31 heavy (non-hydrogen) atoms. The normalized spacial score (nSPS) is 13.3. The fourth-order valence-corrected chi connectivity index (χ4v) is 3.82. The molecule has 2 aromatic carbocycles. The lowest BCUT2D eigenvalue weighted by Gasteiger charge is -2.12. The summed E-state index contributed by atoms with van der Waals surface area (Å²) < 4.78 is 1.68. The quantitative estimate of drug-likeness (QED) is 0.534. The summed E-state index contributed by atoms with van der Waals surface area (Å²) in [4.78, 5) is 29.8. The van der Waals surface area contributed by atoms with Crippen LogP contribution in [0.4, 0.5) is 0 Å². The SMILES string of the molecule is Cc1ccc(C(=O)NC2CC2)cc1-c1ccc2c(=O)n(Cc3ccccn3)ccc2c1. The maximum atomic E-state index is 13.0. The van der Waals surface area contributed by atoms with Crippen molar-refractivity contribution in [1.29, 1.82) is 0 Å². The van der Waals surface area contributed by atoms with E-state index in [0.29, 0.717) is 23.5 Å². The number of carbonyl (C=O) groups excluding carboxylic acids is 1. The molecule has 1 aliphatic carbocycles. The van der Waals surface area contributed by atoms with Gasteiger partial charge in [0.2, 0.25) is 0 Å². The van der Waals surface area contributed by atoms with Crippen LogP contribution in [0.3, 0.4) is 0 Å². The fourth-order valence-electron chi connectivity index (χ4n) is 3.82. The standard InChI is InChI=1S/C26H23N3O2/c1-17-5-6-20(25(30)28-21-8-9-21)15-24(17)18-7-10-23-19(14-18)11-13-29(26(23)31)16-22-4-2-3-12-27-22/h2-7,10-15,21H,8-9,16H2,1H3,(H,28,30). The van der Waals surface area contributed by atoms with Crippen LogP contribution in [-0.2, 0) is 6.54 Å². The number of benzene rings is 2. The molecule has 0 bridgehead atoms. The number of nitrogens with zero attached hydrogens (tertiary/aromatic N) is 2. The van der Waals surface area contributed by atoms with Gasteiger partial charge in [-0.1, -0.05) is 18.2 Å². The molecule has 1 N–H and O–H groups in total. The summed E-state index contributed by atoms with van der Waals surface area (Å²) in [7, 11) is 0. The van der Waals surface area contributed by atoms with Gasteiger partial charge >= 0.3 is 0 Å². The van der Waals surface area contributed by atoms with Gasteiger partial charge in [0.15, 0.2) is 0 Å². The molecule has 154 valence electrons. The highest BCUT2D eigenvalue weighted by atomic mass is 16.1. The van der Waals surface area contributed by atoms with E-state index in [9.17, 15) is 9.59 Å². The second kappa shape index (κ2) is 7.84. The molecule has 0 radical (unpaired) electrons. The van der Waals surface area contributed by atoms with E-state index in [1.165, 1.54) is 0 Å². The zero-order valence-corrected chi connectivity index (χ0v) is 17.3. The number of hydrogen-bond acceptors (Lipinski definition) is 3. The van der Waals surface area contributed by atoms with Crippen molar-refractivity contribution in [3.63, 3.8) is 0 Å². The molecular weight excluding hydrogens is 386 g/mol. The minimum Gasteiger partial charge on any atom is -0.349 e. The molecule has 5 rings (SSSR count). The summed E-state index contributed by atoms with van der Waals surface area (Å²) in [5.41, 5.74) is 4.56. The number of hydrogen-bond donors (Lipinski definition) is 1. The van der Waals surface area contributed by atoms with Crippen LogP contribution in [0.15, 0.2) is 77.9 Å². The summed E-state index contributed by atoms with van der Waals surface area (Å²) in [6, 6.07) is 19.6. The third kappa shape index (κ3) is 3.99. The summed E-state index contributed by atoms with van der Waals surface area (Å²) in [6.07, 6.45) is 5.67. The summed E-state index contributed by atoms with van der Waals surface area (Å²) in [5.74, 6) is -0.0260. The van der Waals surface area contributed by atoms with E-state index in [1.807, 2.05) is 73.8 Å². The minimum absolute atomic E-state index is 0.0260. The monoisotopic (exact) mass is 409 g/mol. The van der Waals surface area contributed by atoms with E-state index < -0.39 is 0 Å². The number of amides is 1. The predicted molar refractivity (Wildman–Crippen MR) is 122 cm³/mol. The van der Waals surface area contributed by atoms with E-state index >= 15 is 0 Å². The maximum absolute atomic E-state index is 13.0. The lowest BCUT2D eigenvalue weighted by molar-refractivity contribution is 0.0951. The second-order valence-corrected chi connectivity index (χ2v) is 8.15. The Kier molecular flexibility index (Phi) is 4.86. The Balaban J connectivity index is 1.49. The Labute approximate surface area is 180 Å². The second-order valence-electron chi connectivity index (χ2n) is 8.15. The van der Waals surface area contributed by atoms with E-state index in [4.69, 9.17) is 0 Å². The molecule has 5 nitrogen and oxygen atoms in total. The third-order valence-corrected chi connectivity index (χ3v) is 5.76. The van der Waals surface area contributed by atoms with Gasteiger partial charge in [-0.25, -0.2) is 0 Å². The Morgan fingerprint density at radius 1 is 1.10 bits per heavy atom. The fraction of sp³-hybridized carbons (Fsp3) is 0.192. The highest BCUT2D eigenvalue weighted by Gasteiger charge is 2.24. The molecule has 1 saturated carbocycles. The number of carbonyl (C=O) groups is 1. The predicted octanol–water partition coefficient (Wildman–Crippen LogP) is 4.31. The van der Waals surface area contributed by atoms with Gasteiger partial charge in [-0.15, -0.1) is 0 Å². The molecule has 1 fully saturated rings. The zero-order valence-electron chi connectivity index (χ0n) is 17.3. The van der Waals surface area contributed by atoms with E-state index in [-0.39, 0.29) is 11.5 Å². The molecule has 4 aromatic rings. The van der Waals surface area contributed by atoms with Gasteiger partial charge in [0.05, 0.1) is 12.2 Å². The molecule has 0 saturated heterocycles. The molecule has 0 spiro atoms. The van der Waals surface area contributed by atoms with Crippen molar-refractivity contribution < 1.29 is 4.79 Å². The molecule has 2 aromatic heterocycles. The molecule has 0 atom stereocenters. The molecule has 1 amide bonds. The van der Waals surface area contributed by atoms with Gasteiger partial charge in [0, 0.05) is 29.4 Å². The van der Waals surface area contributed by atoms with Gasteiger partial charge in [0.1, 0.15) is 0 Å². The minimum atomic E-state index is -0.0380. The number of aryl methyl sites for hydroxylation is 1. The average molecular weight is 409 g/mol. The van der Waals surface area contributed by atoms with Crippen molar-refractivity contribution in [2.75, 3.05) is 0 Å². The highest BCUT2D eigenvalue weighted by Crippen LogP contribution is 2.28. The van der Waals surface area contributed by atoms with Gasteiger partial charge < -0.3 is 9.88 Å². The van der Waals surface area contributed by atoms with E-state index in [2.05, 4.69) is 10.3 Å². The first kappa shape index (κ1) is 19.2. The maximum Gasteiger partial charge on any atom is 0.258 e. The van der Waals surface area contributed by atoms with Crippen LogP contribution in [-0.4, -0.2) is 21.5 Å². The summed E-state index contributed by atoms with van der Waals surface area (Å²) in [5, 5.41) is 4.59. The number of aromatic nitrogens is 2. The van der Waals surface area contributed by atoms with Crippen molar-refractivity contribution >= 4 is 16.7 Å². The molecule has 1 aliphatic rings. The highest BCUT2D eigenvalue weighted by molar-refractivity contribution is 5.96. The van der Waals surface area contributed by atoms with Gasteiger partial charge in [0.25, 0.3) is 11.5 Å². The largest absolute Gasteiger partial charge is 0.349 e. The van der Waals surface area contributed by atoms with Crippen molar-refractivity contribution in [3.8, 4) is 11.1 Å². The van der Waals surface area contributed by atoms with Crippen LogP contribution in [0, 0.1) is 6.92 Å². The zero-order chi connectivity index (χ0) is 21.4. The van der Waals surface area contributed by atoms with Crippen LogP contribution < -0.4 is 10.9 Å². The van der Waals surface area contributed by atoms with Crippen LogP contribution in [0.25, 0.3) is 21.9 Å². The molecular formula is C26H23N3O2. The van der Waals surface area contributed by atoms with Crippen molar-refractivity contribution in [3.05, 3.63) is 100 Å². The van der Waals surface area contributed by atoms with Gasteiger partial charge in [-0.2, -0.15) is 0 Å². The first-order valence-corrected chi connectivity index (χ1v) is 10.5. The number of rotatable bonds is 5. The summed E-state index contributed by atoms with van der Waals surface area (Å²) in [6.45, 7) is 2.47.